The number of nitrogens with zero attached hydrogens (tertiary/aromatic N) is 2. The molecule has 0 aromatic heterocycles. The highest BCUT2D eigenvalue weighted by atomic mass is 35.5. The zero-order chi connectivity index (χ0) is 17.3. The lowest BCUT2D eigenvalue weighted by Crippen LogP contribution is -2.45. The number of aliphatic imine (C=N–C) groups is 1. The van der Waals surface area contributed by atoms with Crippen LogP contribution in [0, 0.1) is 6.92 Å². The Bertz CT molecular complexity index is 904. The molecule has 1 aliphatic heterocycles. The van der Waals surface area contributed by atoms with E-state index in [2.05, 4.69) is 4.99 Å². The largest absolute Gasteiger partial charge is 0.273 e. The zero-order valence-electron chi connectivity index (χ0n) is 12.9. The van der Waals surface area contributed by atoms with Gasteiger partial charge in [-0.3, -0.25) is 9.79 Å². The fourth-order valence-electron chi connectivity index (χ4n) is 2.41. The second-order valence-electron chi connectivity index (χ2n) is 5.44. The standard InChI is InChI=1S/C17H15ClN2O3S/c1-12-2-8-15(9-3-12)24(22,23)20-16(21)10-11-19-17(20)13-4-6-14(18)7-5-13/h2-9H,10-11H2,1H3. The molecule has 5 nitrogen and oxygen atoms in total. The molecule has 7 heteroatoms. The van der Waals surface area contributed by atoms with Crippen LogP contribution in [0.1, 0.15) is 17.5 Å². The lowest BCUT2D eigenvalue weighted by molar-refractivity contribution is -0.124. The van der Waals surface area contributed by atoms with E-state index in [1.165, 1.54) is 12.1 Å². The molecule has 0 saturated heterocycles. The Morgan fingerprint density at radius 2 is 1.67 bits per heavy atom. The van der Waals surface area contributed by atoms with E-state index in [0.29, 0.717) is 10.6 Å². The minimum atomic E-state index is -4.02. The number of aryl methyl sites for hydroxylation is 1. The summed E-state index contributed by atoms with van der Waals surface area (Å²) < 4.78 is 26.7. The van der Waals surface area contributed by atoms with Crippen molar-refractivity contribution in [3.8, 4) is 0 Å². The summed E-state index contributed by atoms with van der Waals surface area (Å²) in [4.78, 5) is 16.7. The van der Waals surface area contributed by atoms with Gasteiger partial charge < -0.3 is 0 Å². The van der Waals surface area contributed by atoms with Crippen LogP contribution in [0.25, 0.3) is 0 Å². The van der Waals surface area contributed by atoms with Crippen LogP contribution < -0.4 is 0 Å². The molecule has 0 spiro atoms. The van der Waals surface area contributed by atoms with Gasteiger partial charge in [0.1, 0.15) is 0 Å². The first-order valence-corrected chi connectivity index (χ1v) is 9.16. The summed E-state index contributed by atoms with van der Waals surface area (Å²) in [5.74, 6) is -0.362. The monoisotopic (exact) mass is 362 g/mol. The number of halogens is 1. The normalized spacial score (nSPS) is 15.3. The molecule has 1 amide bonds. The molecule has 0 N–H and O–H groups in total. The molecule has 2 aromatic carbocycles. The Balaban J connectivity index is 2.09. The molecule has 3 rings (SSSR count). The van der Waals surface area contributed by atoms with E-state index in [0.717, 1.165) is 9.87 Å². The van der Waals surface area contributed by atoms with Crippen LogP contribution in [0.4, 0.5) is 0 Å². The van der Waals surface area contributed by atoms with Crippen molar-refractivity contribution in [3.05, 3.63) is 64.7 Å². The van der Waals surface area contributed by atoms with Crippen molar-refractivity contribution in [3.63, 3.8) is 0 Å². The van der Waals surface area contributed by atoms with Gasteiger partial charge in [0.05, 0.1) is 11.4 Å². The number of benzene rings is 2. The third-order valence-electron chi connectivity index (χ3n) is 3.67. The number of carbonyl (C=O) groups excluding carboxylic acids is 1. The van der Waals surface area contributed by atoms with E-state index < -0.39 is 15.9 Å². The Labute approximate surface area is 145 Å². The van der Waals surface area contributed by atoms with Crippen molar-refractivity contribution in [1.29, 1.82) is 0 Å². The molecular formula is C17H15ClN2O3S. The first-order valence-electron chi connectivity index (χ1n) is 7.35. The minimum Gasteiger partial charge on any atom is -0.273 e. The van der Waals surface area contributed by atoms with Crippen molar-refractivity contribution < 1.29 is 13.2 Å². The van der Waals surface area contributed by atoms with E-state index in [-0.39, 0.29) is 23.7 Å². The molecular weight excluding hydrogens is 348 g/mol. The maximum absolute atomic E-state index is 13.0. The SMILES string of the molecule is Cc1ccc(S(=O)(=O)N2C(=O)CCN=C2c2ccc(Cl)cc2)cc1. The van der Waals surface area contributed by atoms with E-state index in [1.54, 1.807) is 36.4 Å². The zero-order valence-corrected chi connectivity index (χ0v) is 14.5. The summed E-state index contributed by atoms with van der Waals surface area (Å²) >= 11 is 5.88. The first-order chi connectivity index (χ1) is 11.4. The van der Waals surface area contributed by atoms with E-state index in [1.807, 2.05) is 6.92 Å². The van der Waals surface area contributed by atoms with Crippen LogP contribution >= 0.6 is 11.6 Å². The summed E-state index contributed by atoms with van der Waals surface area (Å²) in [6.45, 7) is 2.12. The second kappa shape index (κ2) is 6.37. The molecule has 124 valence electrons. The minimum absolute atomic E-state index is 0.0577. The van der Waals surface area contributed by atoms with Gasteiger partial charge in [0.15, 0.2) is 5.84 Å². The van der Waals surface area contributed by atoms with E-state index >= 15 is 0 Å². The maximum atomic E-state index is 13.0. The fourth-order valence-corrected chi connectivity index (χ4v) is 3.98. The molecule has 24 heavy (non-hydrogen) atoms. The molecule has 0 aliphatic carbocycles. The maximum Gasteiger partial charge on any atom is 0.272 e. The highest BCUT2D eigenvalue weighted by Gasteiger charge is 2.36. The summed E-state index contributed by atoms with van der Waals surface area (Å²) in [6.07, 6.45) is 0.0577. The molecule has 0 atom stereocenters. The smallest absolute Gasteiger partial charge is 0.272 e. The third-order valence-corrected chi connectivity index (χ3v) is 5.64. The van der Waals surface area contributed by atoms with Crippen LogP contribution in [0.5, 0.6) is 0 Å². The second-order valence-corrected chi connectivity index (χ2v) is 7.66. The Kier molecular flexibility index (Phi) is 4.43. The topological polar surface area (TPSA) is 66.8 Å². The van der Waals surface area contributed by atoms with Gasteiger partial charge in [0.25, 0.3) is 10.0 Å². The predicted molar refractivity (Wildman–Crippen MR) is 92.7 cm³/mol. The number of carbonyl (C=O) groups is 1. The molecule has 1 heterocycles. The number of hydrogen-bond acceptors (Lipinski definition) is 4. The van der Waals surface area contributed by atoms with Crippen molar-refractivity contribution in [2.45, 2.75) is 18.2 Å². The van der Waals surface area contributed by atoms with Gasteiger partial charge in [-0.1, -0.05) is 29.3 Å². The highest BCUT2D eigenvalue weighted by molar-refractivity contribution is 7.90. The lowest BCUT2D eigenvalue weighted by atomic mass is 10.2. The first kappa shape index (κ1) is 16.7. The number of hydrogen-bond donors (Lipinski definition) is 0. The van der Waals surface area contributed by atoms with Gasteiger partial charge in [0, 0.05) is 17.0 Å². The number of amides is 1. The van der Waals surface area contributed by atoms with Crippen LogP contribution in [0.2, 0.25) is 5.02 Å². The van der Waals surface area contributed by atoms with Crippen LogP contribution in [0.15, 0.2) is 58.4 Å². The van der Waals surface area contributed by atoms with Gasteiger partial charge in [0.2, 0.25) is 5.91 Å². The van der Waals surface area contributed by atoms with Crippen LogP contribution in [0.3, 0.4) is 0 Å². The number of rotatable bonds is 3. The molecule has 0 fully saturated rings. The van der Waals surface area contributed by atoms with Gasteiger partial charge in [-0.15, -0.1) is 0 Å². The van der Waals surface area contributed by atoms with E-state index in [9.17, 15) is 13.2 Å². The third kappa shape index (κ3) is 3.07. The Morgan fingerprint density at radius 1 is 1.04 bits per heavy atom. The van der Waals surface area contributed by atoms with Gasteiger partial charge in [-0.25, -0.2) is 8.42 Å². The molecule has 0 radical (unpaired) electrons. The molecule has 0 saturated carbocycles. The van der Waals surface area contributed by atoms with Gasteiger partial charge >= 0.3 is 0 Å². The number of sulfonamides is 1. The quantitative estimate of drug-likeness (QED) is 0.842. The van der Waals surface area contributed by atoms with Crippen molar-refractivity contribution in [2.24, 2.45) is 4.99 Å². The average Bonchev–Trinajstić information content (AvgIpc) is 2.55. The summed E-state index contributed by atoms with van der Waals surface area (Å²) in [5.41, 5.74) is 1.47. The predicted octanol–water partition coefficient (Wildman–Crippen LogP) is 3.02. The van der Waals surface area contributed by atoms with Crippen LogP contribution in [-0.2, 0) is 14.8 Å². The number of amidine groups is 1. The fraction of sp³-hybridized carbons (Fsp3) is 0.176. The van der Waals surface area contributed by atoms with E-state index in [4.69, 9.17) is 11.6 Å². The van der Waals surface area contributed by atoms with Gasteiger partial charge in [-0.05, 0) is 43.3 Å². The lowest BCUT2D eigenvalue weighted by Gasteiger charge is -2.27. The summed E-state index contributed by atoms with van der Waals surface area (Å²) in [6, 6.07) is 12.9. The highest BCUT2D eigenvalue weighted by Crippen LogP contribution is 2.23. The molecule has 1 aliphatic rings. The molecule has 2 aromatic rings. The Hall–Kier alpha value is -2.18. The van der Waals surface area contributed by atoms with Crippen molar-refractivity contribution in [2.75, 3.05) is 6.54 Å². The molecule has 0 bridgehead atoms. The van der Waals surface area contributed by atoms with Gasteiger partial charge in [-0.2, -0.15) is 4.31 Å². The summed E-state index contributed by atoms with van der Waals surface area (Å²) in [5, 5.41) is 0.523. The van der Waals surface area contributed by atoms with Crippen molar-refractivity contribution in [1.82, 2.24) is 4.31 Å². The molecule has 0 unspecified atom stereocenters. The summed E-state index contributed by atoms with van der Waals surface area (Å²) in [7, 11) is -4.02. The average molecular weight is 363 g/mol. The Morgan fingerprint density at radius 3 is 2.29 bits per heavy atom. The van der Waals surface area contributed by atoms with Crippen molar-refractivity contribution >= 4 is 33.4 Å². The van der Waals surface area contributed by atoms with Crippen LogP contribution in [-0.4, -0.2) is 31.0 Å².